The number of nitrogens with one attached hydrogen (secondary N) is 1. The van der Waals surface area contributed by atoms with Crippen LogP contribution in [0.2, 0.25) is 0 Å². The van der Waals surface area contributed by atoms with Crippen molar-refractivity contribution in [3.05, 3.63) is 39.8 Å². The van der Waals surface area contributed by atoms with Gasteiger partial charge in [-0.15, -0.1) is 0 Å². The highest BCUT2D eigenvalue weighted by atomic mass is 16.2. The van der Waals surface area contributed by atoms with Crippen LogP contribution in [0.25, 0.3) is 11.0 Å². The Morgan fingerprint density at radius 2 is 2.20 bits per heavy atom. The fourth-order valence-corrected chi connectivity index (χ4v) is 1.38. The lowest BCUT2D eigenvalue weighted by atomic mass is 10.2. The summed E-state index contributed by atoms with van der Waals surface area (Å²) in [6.45, 7) is 1.82. The fraction of sp³-hybridized carbons (Fsp3) is 0.100. The molecule has 2 aromatic heterocycles. The van der Waals surface area contributed by atoms with Gasteiger partial charge in [0.1, 0.15) is 11.2 Å². The van der Waals surface area contributed by atoms with Crippen molar-refractivity contribution in [3.8, 4) is 0 Å². The minimum atomic E-state index is -0.737. The number of amides is 1. The predicted octanol–water partition coefficient (Wildman–Crippen LogP) is 0.330. The number of carbonyl (C=O) groups is 1. The maximum Gasteiger partial charge on any atom is 0.254 e. The SMILES string of the molecule is Cc1ccc2c(=O)c(C(N)=O)c[nH]c2n1. The topological polar surface area (TPSA) is 88.8 Å². The van der Waals surface area contributed by atoms with Crippen molar-refractivity contribution in [2.45, 2.75) is 6.92 Å². The normalized spacial score (nSPS) is 10.5. The molecular formula is C10H9N3O2. The predicted molar refractivity (Wildman–Crippen MR) is 55.6 cm³/mol. The first-order valence-corrected chi connectivity index (χ1v) is 4.38. The van der Waals surface area contributed by atoms with E-state index in [1.54, 1.807) is 12.1 Å². The third-order valence-electron chi connectivity index (χ3n) is 2.14. The number of aromatic nitrogens is 2. The Balaban J connectivity index is 2.86. The third-order valence-corrected chi connectivity index (χ3v) is 2.14. The van der Waals surface area contributed by atoms with Crippen molar-refractivity contribution in [1.82, 2.24) is 9.97 Å². The number of primary amides is 1. The van der Waals surface area contributed by atoms with Crippen molar-refractivity contribution in [1.29, 1.82) is 0 Å². The van der Waals surface area contributed by atoms with Gasteiger partial charge in [0.25, 0.3) is 5.91 Å². The van der Waals surface area contributed by atoms with Crippen LogP contribution in [0.3, 0.4) is 0 Å². The van der Waals surface area contributed by atoms with Gasteiger partial charge in [0.2, 0.25) is 5.43 Å². The van der Waals surface area contributed by atoms with Gasteiger partial charge in [0.05, 0.1) is 5.39 Å². The van der Waals surface area contributed by atoms with Crippen molar-refractivity contribution < 1.29 is 4.79 Å². The highest BCUT2D eigenvalue weighted by molar-refractivity contribution is 5.95. The van der Waals surface area contributed by atoms with Gasteiger partial charge in [-0.3, -0.25) is 9.59 Å². The first-order valence-electron chi connectivity index (χ1n) is 4.38. The summed E-state index contributed by atoms with van der Waals surface area (Å²) in [5.41, 5.74) is 5.88. The number of fused-ring (bicyclic) bond motifs is 1. The van der Waals surface area contributed by atoms with E-state index in [1.165, 1.54) is 6.20 Å². The van der Waals surface area contributed by atoms with Crippen LogP contribution >= 0.6 is 0 Å². The van der Waals surface area contributed by atoms with E-state index in [-0.39, 0.29) is 11.0 Å². The molecule has 3 N–H and O–H groups in total. The van der Waals surface area contributed by atoms with E-state index in [4.69, 9.17) is 5.73 Å². The van der Waals surface area contributed by atoms with Gasteiger partial charge in [-0.1, -0.05) is 0 Å². The van der Waals surface area contributed by atoms with E-state index in [9.17, 15) is 9.59 Å². The number of nitrogens with two attached hydrogens (primary N) is 1. The van der Waals surface area contributed by atoms with Crippen LogP contribution in [0.4, 0.5) is 0 Å². The number of nitrogens with zero attached hydrogens (tertiary/aromatic N) is 1. The quantitative estimate of drug-likeness (QED) is 0.699. The van der Waals surface area contributed by atoms with Crippen LogP contribution < -0.4 is 11.2 Å². The smallest absolute Gasteiger partial charge is 0.254 e. The average Bonchev–Trinajstić information content (AvgIpc) is 2.17. The second-order valence-corrected chi connectivity index (χ2v) is 3.24. The van der Waals surface area contributed by atoms with Crippen LogP contribution in [-0.2, 0) is 0 Å². The lowest BCUT2D eigenvalue weighted by Crippen LogP contribution is -2.22. The highest BCUT2D eigenvalue weighted by Gasteiger charge is 2.09. The molecule has 5 nitrogen and oxygen atoms in total. The lowest BCUT2D eigenvalue weighted by Gasteiger charge is -2.00. The molecule has 0 fully saturated rings. The molecule has 15 heavy (non-hydrogen) atoms. The van der Waals surface area contributed by atoms with Crippen LogP contribution in [0.5, 0.6) is 0 Å². The molecule has 0 atom stereocenters. The standard InChI is InChI=1S/C10H9N3O2/c1-5-2-3-6-8(14)7(9(11)15)4-12-10(6)13-5/h2-4H,1H3,(H2,11,15)(H,12,13,14). The van der Waals surface area contributed by atoms with Crippen molar-refractivity contribution >= 4 is 16.9 Å². The highest BCUT2D eigenvalue weighted by Crippen LogP contribution is 2.05. The largest absolute Gasteiger partial charge is 0.365 e. The molecule has 5 heteroatoms. The van der Waals surface area contributed by atoms with Gasteiger partial charge < -0.3 is 10.7 Å². The van der Waals surface area contributed by atoms with E-state index in [2.05, 4.69) is 9.97 Å². The Bertz CT molecular complexity index is 601. The second-order valence-electron chi connectivity index (χ2n) is 3.24. The molecule has 0 unspecified atom stereocenters. The first kappa shape index (κ1) is 9.39. The van der Waals surface area contributed by atoms with Gasteiger partial charge in [0, 0.05) is 11.9 Å². The summed E-state index contributed by atoms with van der Waals surface area (Å²) < 4.78 is 0. The van der Waals surface area contributed by atoms with Gasteiger partial charge in [-0.05, 0) is 19.1 Å². The van der Waals surface area contributed by atoms with Crippen molar-refractivity contribution in [2.24, 2.45) is 5.73 Å². The molecule has 0 radical (unpaired) electrons. The molecule has 0 aliphatic heterocycles. The zero-order valence-electron chi connectivity index (χ0n) is 8.07. The molecule has 2 rings (SSSR count). The number of aryl methyl sites for hydroxylation is 1. The zero-order valence-corrected chi connectivity index (χ0v) is 8.07. The van der Waals surface area contributed by atoms with Crippen LogP contribution in [-0.4, -0.2) is 15.9 Å². The van der Waals surface area contributed by atoms with E-state index in [0.29, 0.717) is 11.0 Å². The van der Waals surface area contributed by atoms with Crippen molar-refractivity contribution in [2.75, 3.05) is 0 Å². The third kappa shape index (κ3) is 1.48. The van der Waals surface area contributed by atoms with Crippen LogP contribution in [0.15, 0.2) is 23.1 Å². The van der Waals surface area contributed by atoms with Crippen LogP contribution in [0.1, 0.15) is 16.1 Å². The summed E-state index contributed by atoms with van der Waals surface area (Å²) in [5, 5.41) is 0.372. The lowest BCUT2D eigenvalue weighted by molar-refractivity contribution is 0.0999. The number of hydrogen-bond donors (Lipinski definition) is 2. The van der Waals surface area contributed by atoms with Gasteiger partial charge in [-0.2, -0.15) is 0 Å². The molecule has 0 aromatic carbocycles. The Morgan fingerprint density at radius 3 is 2.87 bits per heavy atom. The number of H-pyrrole nitrogens is 1. The van der Waals surface area contributed by atoms with E-state index >= 15 is 0 Å². The monoisotopic (exact) mass is 203 g/mol. The minimum Gasteiger partial charge on any atom is -0.365 e. The van der Waals surface area contributed by atoms with Gasteiger partial charge in [-0.25, -0.2) is 4.98 Å². The summed E-state index contributed by atoms with van der Waals surface area (Å²) in [7, 11) is 0. The molecule has 0 aliphatic carbocycles. The Labute approximate surface area is 84.9 Å². The molecule has 0 aliphatic rings. The molecule has 0 saturated heterocycles. The average molecular weight is 203 g/mol. The van der Waals surface area contributed by atoms with E-state index in [0.717, 1.165) is 5.69 Å². The maximum atomic E-state index is 11.7. The fourth-order valence-electron chi connectivity index (χ4n) is 1.38. The second kappa shape index (κ2) is 3.20. The van der Waals surface area contributed by atoms with Crippen LogP contribution in [0, 0.1) is 6.92 Å². The summed E-state index contributed by atoms with van der Waals surface area (Å²) in [6.07, 6.45) is 1.29. The number of hydrogen-bond acceptors (Lipinski definition) is 3. The first-order chi connectivity index (χ1) is 7.09. The molecule has 0 saturated carbocycles. The molecule has 0 bridgehead atoms. The van der Waals surface area contributed by atoms with E-state index < -0.39 is 5.91 Å². The summed E-state index contributed by atoms with van der Waals surface area (Å²) in [4.78, 5) is 29.5. The number of carbonyl (C=O) groups excluding carboxylic acids is 1. The number of aromatic amines is 1. The number of rotatable bonds is 1. The summed E-state index contributed by atoms with van der Waals surface area (Å²) >= 11 is 0. The molecule has 76 valence electrons. The zero-order chi connectivity index (χ0) is 11.0. The minimum absolute atomic E-state index is 0.0480. The molecular weight excluding hydrogens is 194 g/mol. The molecule has 2 heterocycles. The Kier molecular flexibility index (Phi) is 2.00. The Hall–Kier alpha value is -2.17. The summed E-state index contributed by atoms with van der Waals surface area (Å²) in [6, 6.07) is 3.34. The molecule has 1 amide bonds. The maximum absolute atomic E-state index is 11.7. The van der Waals surface area contributed by atoms with E-state index in [1.807, 2.05) is 6.92 Å². The number of pyridine rings is 2. The van der Waals surface area contributed by atoms with Crippen molar-refractivity contribution in [3.63, 3.8) is 0 Å². The molecule has 0 spiro atoms. The van der Waals surface area contributed by atoms with Gasteiger partial charge >= 0.3 is 0 Å². The Morgan fingerprint density at radius 1 is 1.47 bits per heavy atom. The summed E-state index contributed by atoms with van der Waals surface area (Å²) in [5.74, 6) is -0.737. The molecule has 2 aromatic rings. The van der Waals surface area contributed by atoms with Gasteiger partial charge in [0.15, 0.2) is 0 Å².